The molecule has 47 heavy (non-hydrogen) atoms. The molecule has 0 saturated carbocycles. The molecule has 1 rings (SSSR count). The second kappa shape index (κ2) is 17.1. The molecule has 5 atom stereocenters. The van der Waals surface area contributed by atoms with Gasteiger partial charge in [-0.3, -0.25) is 24.0 Å². The van der Waals surface area contributed by atoms with Crippen molar-refractivity contribution >= 4 is 35.4 Å². The number of unbranched alkanes of at least 4 members (excludes halogenated alkanes) is 1. The first-order valence-corrected chi connectivity index (χ1v) is 16.9. The summed E-state index contributed by atoms with van der Waals surface area (Å²) in [5.41, 5.74) is -1.92. The van der Waals surface area contributed by atoms with Gasteiger partial charge in [0.1, 0.15) is 18.1 Å². The van der Waals surface area contributed by atoms with Crippen molar-refractivity contribution in [1.29, 1.82) is 0 Å². The summed E-state index contributed by atoms with van der Waals surface area (Å²) in [6.45, 7) is 26.4. The lowest BCUT2D eigenvalue weighted by molar-refractivity contribution is -0.144. The minimum absolute atomic E-state index is 0.0300. The summed E-state index contributed by atoms with van der Waals surface area (Å²) < 4.78 is 0. The number of amides is 6. The third kappa shape index (κ3) is 12.6. The second-order valence-corrected chi connectivity index (χ2v) is 16.2. The first-order chi connectivity index (χ1) is 21.5. The number of rotatable bonds is 14. The molecule has 1 aliphatic rings. The number of nitrogens with zero attached hydrogens (tertiary/aromatic N) is 1. The van der Waals surface area contributed by atoms with Crippen molar-refractivity contribution in [3.05, 3.63) is 12.7 Å². The summed E-state index contributed by atoms with van der Waals surface area (Å²) in [5, 5.41) is 13.8. The topological polar surface area (TPSA) is 166 Å². The summed E-state index contributed by atoms with van der Waals surface area (Å²) in [4.78, 5) is 82.0. The Bertz CT molecular complexity index is 1150. The van der Waals surface area contributed by atoms with Crippen molar-refractivity contribution in [1.82, 2.24) is 31.5 Å². The first kappa shape index (κ1) is 41.6. The van der Waals surface area contributed by atoms with E-state index in [-0.39, 0.29) is 37.3 Å². The number of ketones is 1. The SMILES string of the molecule is C=CCNC(=O)C(=O)C(CCCC)NC(=O)[C@@H]1[C@@H](C(C)C)CCN1C(=O)[C@@H](NC(=O)N[C@H](C(=O)NC(C)(C)C)C(C)(C)C)C(C)(C)C. The number of hydrogen-bond donors (Lipinski definition) is 5. The highest BCUT2D eigenvalue weighted by Crippen LogP contribution is 2.33. The van der Waals surface area contributed by atoms with E-state index in [2.05, 4.69) is 33.2 Å². The minimum Gasteiger partial charge on any atom is -0.350 e. The fraction of sp³-hybridized carbons (Fsp3) is 0.771. The molecule has 1 aliphatic heterocycles. The average Bonchev–Trinajstić information content (AvgIpc) is 3.38. The average molecular weight is 663 g/mol. The third-order valence-corrected chi connectivity index (χ3v) is 8.25. The van der Waals surface area contributed by atoms with Gasteiger partial charge in [0.2, 0.25) is 23.5 Å². The molecular formula is C35H62N6O6. The molecule has 1 unspecified atom stereocenters. The Morgan fingerprint density at radius 2 is 1.43 bits per heavy atom. The van der Waals surface area contributed by atoms with Crippen LogP contribution >= 0.6 is 0 Å². The highest BCUT2D eigenvalue weighted by Gasteiger charge is 2.48. The van der Waals surface area contributed by atoms with E-state index in [1.807, 2.05) is 83.1 Å². The largest absolute Gasteiger partial charge is 0.350 e. The second-order valence-electron chi connectivity index (χ2n) is 16.2. The molecule has 12 nitrogen and oxygen atoms in total. The highest BCUT2D eigenvalue weighted by molar-refractivity contribution is 6.38. The van der Waals surface area contributed by atoms with Crippen LogP contribution in [0.1, 0.15) is 109 Å². The monoisotopic (exact) mass is 662 g/mol. The zero-order valence-electron chi connectivity index (χ0n) is 30.9. The van der Waals surface area contributed by atoms with Gasteiger partial charge < -0.3 is 31.5 Å². The number of nitrogens with one attached hydrogen (secondary N) is 5. The van der Waals surface area contributed by atoms with Gasteiger partial charge in [-0.25, -0.2) is 4.79 Å². The van der Waals surface area contributed by atoms with Crippen molar-refractivity contribution in [2.75, 3.05) is 13.1 Å². The summed E-state index contributed by atoms with van der Waals surface area (Å²) >= 11 is 0. The zero-order valence-corrected chi connectivity index (χ0v) is 30.9. The summed E-state index contributed by atoms with van der Waals surface area (Å²) in [7, 11) is 0. The van der Waals surface area contributed by atoms with Gasteiger partial charge in [0.05, 0.1) is 6.04 Å². The maximum absolute atomic E-state index is 14.3. The van der Waals surface area contributed by atoms with Crippen LogP contribution in [0.5, 0.6) is 0 Å². The first-order valence-electron chi connectivity index (χ1n) is 16.9. The Kier molecular flexibility index (Phi) is 15.1. The van der Waals surface area contributed by atoms with Crippen molar-refractivity contribution in [2.24, 2.45) is 22.7 Å². The van der Waals surface area contributed by atoms with E-state index in [4.69, 9.17) is 0 Å². The Morgan fingerprint density at radius 3 is 1.89 bits per heavy atom. The van der Waals surface area contributed by atoms with Crippen LogP contribution in [0.15, 0.2) is 12.7 Å². The highest BCUT2D eigenvalue weighted by atomic mass is 16.2. The van der Waals surface area contributed by atoms with E-state index in [0.717, 1.165) is 6.42 Å². The maximum atomic E-state index is 14.3. The summed E-state index contributed by atoms with van der Waals surface area (Å²) in [6, 6.07) is -4.58. The molecule has 0 aliphatic carbocycles. The van der Waals surface area contributed by atoms with E-state index in [9.17, 15) is 28.8 Å². The fourth-order valence-corrected chi connectivity index (χ4v) is 5.68. The van der Waals surface area contributed by atoms with Crippen LogP contribution in [0.3, 0.4) is 0 Å². The molecule has 0 aromatic heterocycles. The Hall–Kier alpha value is -3.44. The number of carbonyl (C=O) groups is 6. The number of likely N-dealkylation sites (tertiary alicyclic amines) is 1. The molecule has 0 aromatic carbocycles. The minimum atomic E-state index is -1.05. The normalized spacial score (nSPS) is 18.9. The van der Waals surface area contributed by atoms with E-state index in [1.165, 1.54) is 11.0 Å². The Morgan fingerprint density at radius 1 is 0.872 bits per heavy atom. The van der Waals surface area contributed by atoms with Gasteiger partial charge in [-0.2, -0.15) is 0 Å². The molecule has 1 saturated heterocycles. The Balaban J connectivity index is 3.37. The number of Topliss-reactive ketones (excluding diaryl/α,β-unsaturated/α-hetero) is 1. The molecule has 1 fully saturated rings. The molecule has 6 amide bonds. The van der Waals surface area contributed by atoms with Crippen LogP contribution in [0.25, 0.3) is 0 Å². The van der Waals surface area contributed by atoms with Crippen molar-refractivity contribution < 1.29 is 28.8 Å². The molecule has 268 valence electrons. The maximum Gasteiger partial charge on any atom is 0.316 e. The van der Waals surface area contributed by atoms with Gasteiger partial charge >= 0.3 is 6.03 Å². The predicted molar refractivity (Wildman–Crippen MR) is 184 cm³/mol. The van der Waals surface area contributed by atoms with E-state index < -0.39 is 70.1 Å². The van der Waals surface area contributed by atoms with E-state index in [1.54, 1.807) is 0 Å². The van der Waals surface area contributed by atoms with Gasteiger partial charge in [0.25, 0.3) is 5.91 Å². The van der Waals surface area contributed by atoms with Crippen LogP contribution in [-0.4, -0.2) is 83.1 Å². The smallest absolute Gasteiger partial charge is 0.316 e. The molecule has 0 radical (unpaired) electrons. The lowest BCUT2D eigenvalue weighted by Gasteiger charge is -2.38. The molecule has 5 N–H and O–H groups in total. The quantitative estimate of drug-likeness (QED) is 0.141. The number of hydrogen-bond acceptors (Lipinski definition) is 6. The summed E-state index contributed by atoms with van der Waals surface area (Å²) in [6.07, 6.45) is 3.66. The molecule has 12 heteroatoms. The van der Waals surface area contributed by atoms with Gasteiger partial charge in [-0.15, -0.1) is 6.58 Å². The van der Waals surface area contributed by atoms with E-state index >= 15 is 0 Å². The Labute approximate surface area is 282 Å². The van der Waals surface area contributed by atoms with Gasteiger partial charge in [-0.1, -0.05) is 81.2 Å². The predicted octanol–water partition coefficient (Wildman–Crippen LogP) is 3.45. The lowest BCUT2D eigenvalue weighted by Crippen LogP contribution is -2.63. The standard InChI is InChI=1S/C35H62N6O6/c1-14-16-17-23(25(42)29(44)36-19-15-2)37-28(43)24-22(21(3)4)18-20-41(24)31(46)27(34(8,9)10)39-32(47)38-26(33(5,6)7)30(45)40-35(11,12)13/h15,21-24,26-27H,2,14,16-20H2,1,3-13H3,(H,36,44)(H,37,43)(H,40,45)(H2,38,39,47)/t22-,23?,24+,26-,27-/m1/s1. The van der Waals surface area contributed by atoms with Crippen LogP contribution < -0.4 is 26.6 Å². The van der Waals surface area contributed by atoms with Crippen molar-refractivity contribution in [3.63, 3.8) is 0 Å². The van der Waals surface area contributed by atoms with Crippen molar-refractivity contribution in [2.45, 2.75) is 138 Å². The molecular weight excluding hydrogens is 600 g/mol. The van der Waals surface area contributed by atoms with Crippen LogP contribution in [0.2, 0.25) is 0 Å². The molecule has 0 aromatic rings. The molecule has 1 heterocycles. The van der Waals surface area contributed by atoms with Gasteiger partial charge in [0, 0.05) is 18.6 Å². The van der Waals surface area contributed by atoms with Gasteiger partial charge in [-0.05, 0) is 56.3 Å². The van der Waals surface area contributed by atoms with Crippen LogP contribution in [0.4, 0.5) is 4.79 Å². The van der Waals surface area contributed by atoms with Gasteiger partial charge in [0.15, 0.2) is 0 Å². The molecule has 0 spiro atoms. The van der Waals surface area contributed by atoms with Crippen LogP contribution in [0, 0.1) is 22.7 Å². The third-order valence-electron chi connectivity index (χ3n) is 8.25. The molecule has 0 bridgehead atoms. The van der Waals surface area contributed by atoms with Crippen LogP contribution in [-0.2, 0) is 24.0 Å². The zero-order chi connectivity index (χ0) is 36.5. The van der Waals surface area contributed by atoms with Crippen molar-refractivity contribution in [3.8, 4) is 0 Å². The number of carbonyl (C=O) groups excluding carboxylic acids is 6. The van der Waals surface area contributed by atoms with E-state index in [0.29, 0.717) is 12.8 Å². The number of urea groups is 1. The lowest BCUT2D eigenvalue weighted by atomic mass is 9.84. The fourth-order valence-electron chi connectivity index (χ4n) is 5.68. The summed E-state index contributed by atoms with van der Waals surface area (Å²) in [5.74, 6) is -3.04.